The van der Waals surface area contributed by atoms with Gasteiger partial charge in [-0.25, -0.2) is 0 Å². The molecule has 3 saturated carbocycles. The van der Waals surface area contributed by atoms with Crippen LogP contribution in [0.25, 0.3) is 0 Å². The molecule has 3 fully saturated rings. The van der Waals surface area contributed by atoms with Crippen molar-refractivity contribution in [3.8, 4) is 17.6 Å². The van der Waals surface area contributed by atoms with Gasteiger partial charge in [-0.05, 0) is 109 Å². The standard InChI is InChI=1S/C33H45NO2/c1-21-22-9-10-25-31(6,23(22)19-24-27(21)36-28(2,3)35-24)14-16-33(8)26-20-29(4,17-18-34)11-12-30(26,5)13-15-32(25,33)7/h10,19,26H,9,11-17,20H2,1-8H3/t26-,29+,30-,31+,32-,33+/m1/s1. The van der Waals surface area contributed by atoms with E-state index in [0.29, 0.717) is 17.8 Å². The van der Waals surface area contributed by atoms with Gasteiger partial charge in [-0.3, -0.25) is 0 Å². The largest absolute Gasteiger partial charge is 0.449 e. The molecule has 0 radical (unpaired) electrons. The van der Waals surface area contributed by atoms with Crippen molar-refractivity contribution in [2.45, 2.75) is 124 Å². The van der Waals surface area contributed by atoms with Crippen molar-refractivity contribution in [1.82, 2.24) is 0 Å². The molecule has 194 valence electrons. The van der Waals surface area contributed by atoms with E-state index in [1.807, 2.05) is 13.8 Å². The van der Waals surface area contributed by atoms with Crippen LogP contribution in [0, 0.1) is 45.8 Å². The van der Waals surface area contributed by atoms with Crippen LogP contribution in [0.15, 0.2) is 17.7 Å². The first kappa shape index (κ1) is 24.4. The maximum Gasteiger partial charge on any atom is 0.246 e. The number of hydrogen-bond acceptors (Lipinski definition) is 3. The summed E-state index contributed by atoms with van der Waals surface area (Å²) >= 11 is 0. The van der Waals surface area contributed by atoms with Gasteiger partial charge in [0.25, 0.3) is 0 Å². The number of ether oxygens (including phenoxy) is 2. The fourth-order valence-corrected chi connectivity index (χ4v) is 9.83. The zero-order chi connectivity index (χ0) is 25.9. The minimum atomic E-state index is -0.601. The van der Waals surface area contributed by atoms with Crippen LogP contribution in [0.3, 0.4) is 0 Å². The highest BCUT2D eigenvalue weighted by molar-refractivity contribution is 5.62. The zero-order valence-corrected chi connectivity index (χ0v) is 23.9. The molecule has 1 heterocycles. The smallest absolute Gasteiger partial charge is 0.246 e. The second-order valence-corrected chi connectivity index (χ2v) is 14.9. The van der Waals surface area contributed by atoms with Crippen LogP contribution in [0.4, 0.5) is 0 Å². The van der Waals surface area contributed by atoms with Crippen LogP contribution in [0.1, 0.15) is 117 Å². The van der Waals surface area contributed by atoms with Gasteiger partial charge in [-0.15, -0.1) is 0 Å². The van der Waals surface area contributed by atoms with Gasteiger partial charge in [0.05, 0.1) is 6.07 Å². The lowest BCUT2D eigenvalue weighted by Gasteiger charge is -2.70. The average Bonchev–Trinajstić information content (AvgIpc) is 3.12. The summed E-state index contributed by atoms with van der Waals surface area (Å²) in [6.45, 7) is 19.0. The molecule has 0 saturated heterocycles. The second kappa shape index (κ2) is 7.12. The zero-order valence-electron chi connectivity index (χ0n) is 23.9. The minimum absolute atomic E-state index is 0.0378. The van der Waals surface area contributed by atoms with Crippen molar-refractivity contribution in [1.29, 1.82) is 5.26 Å². The third-order valence-electron chi connectivity index (χ3n) is 12.3. The monoisotopic (exact) mass is 487 g/mol. The maximum absolute atomic E-state index is 9.62. The van der Waals surface area contributed by atoms with Crippen molar-refractivity contribution < 1.29 is 9.47 Å². The minimum Gasteiger partial charge on any atom is -0.449 e. The maximum atomic E-state index is 9.62. The van der Waals surface area contributed by atoms with Crippen LogP contribution in [0.2, 0.25) is 0 Å². The lowest BCUT2D eigenvalue weighted by Crippen LogP contribution is -2.62. The van der Waals surface area contributed by atoms with Crippen LogP contribution >= 0.6 is 0 Å². The first-order valence-electron chi connectivity index (χ1n) is 14.3. The summed E-state index contributed by atoms with van der Waals surface area (Å²) < 4.78 is 12.5. The molecule has 0 spiro atoms. The first-order chi connectivity index (χ1) is 16.7. The third-order valence-corrected chi connectivity index (χ3v) is 12.3. The Morgan fingerprint density at radius 1 is 0.944 bits per heavy atom. The summed E-state index contributed by atoms with van der Waals surface area (Å²) in [5.41, 5.74) is 6.91. The molecule has 1 aliphatic heterocycles. The number of fused-ring (bicyclic) bond motifs is 8. The van der Waals surface area contributed by atoms with Crippen LogP contribution in [-0.4, -0.2) is 5.79 Å². The van der Waals surface area contributed by atoms with Gasteiger partial charge in [0, 0.05) is 25.7 Å². The molecule has 6 atom stereocenters. The third kappa shape index (κ3) is 2.97. The van der Waals surface area contributed by atoms with Gasteiger partial charge in [0.15, 0.2) is 11.5 Å². The predicted molar refractivity (Wildman–Crippen MR) is 144 cm³/mol. The van der Waals surface area contributed by atoms with Crippen LogP contribution < -0.4 is 9.47 Å². The van der Waals surface area contributed by atoms with Crippen molar-refractivity contribution in [2.24, 2.45) is 27.6 Å². The lowest BCUT2D eigenvalue weighted by atomic mass is 9.34. The lowest BCUT2D eigenvalue weighted by molar-refractivity contribution is -0.158. The number of nitriles is 1. The molecular formula is C33H45NO2. The van der Waals surface area contributed by atoms with Crippen molar-refractivity contribution in [3.63, 3.8) is 0 Å². The molecule has 36 heavy (non-hydrogen) atoms. The summed E-state index contributed by atoms with van der Waals surface area (Å²) in [7, 11) is 0. The Morgan fingerprint density at radius 2 is 1.67 bits per heavy atom. The second-order valence-electron chi connectivity index (χ2n) is 14.9. The Kier molecular flexibility index (Phi) is 4.82. The number of rotatable bonds is 1. The van der Waals surface area contributed by atoms with E-state index in [2.05, 4.69) is 59.8 Å². The van der Waals surface area contributed by atoms with E-state index in [0.717, 1.165) is 17.9 Å². The van der Waals surface area contributed by atoms with E-state index < -0.39 is 5.79 Å². The molecule has 1 aromatic rings. The van der Waals surface area contributed by atoms with Crippen molar-refractivity contribution in [2.75, 3.05) is 0 Å². The normalized spacial score (nSPS) is 43.9. The highest BCUT2D eigenvalue weighted by Gasteiger charge is 2.66. The summed E-state index contributed by atoms with van der Waals surface area (Å²) in [5.74, 6) is 1.93. The molecule has 0 unspecified atom stereocenters. The number of nitrogens with zero attached hydrogens (tertiary/aromatic N) is 1. The fourth-order valence-electron chi connectivity index (χ4n) is 9.83. The van der Waals surface area contributed by atoms with Gasteiger partial charge in [-0.1, -0.05) is 46.3 Å². The van der Waals surface area contributed by atoms with E-state index in [9.17, 15) is 5.26 Å². The predicted octanol–water partition coefficient (Wildman–Crippen LogP) is 8.57. The summed E-state index contributed by atoms with van der Waals surface area (Å²) in [6.07, 6.45) is 13.0. The SMILES string of the molecule is Cc1c2c(cc3c1OC(C)(C)O3)[C@]1(C)CC[C@@]3(C)[C@@H]4C[C@](C)(CC#N)CC[C@]4(C)CC[C@]3(C)C1=CC2. The first-order valence-corrected chi connectivity index (χ1v) is 14.3. The van der Waals surface area contributed by atoms with Gasteiger partial charge in [0.2, 0.25) is 5.79 Å². The number of allylic oxidation sites excluding steroid dienone is 2. The molecule has 3 nitrogen and oxygen atoms in total. The molecule has 3 heteroatoms. The van der Waals surface area contributed by atoms with Crippen molar-refractivity contribution in [3.05, 3.63) is 34.4 Å². The quantitative estimate of drug-likeness (QED) is 0.373. The highest BCUT2D eigenvalue weighted by atomic mass is 16.7. The molecular weight excluding hydrogens is 442 g/mol. The summed E-state index contributed by atoms with van der Waals surface area (Å²) in [5, 5.41) is 9.62. The summed E-state index contributed by atoms with van der Waals surface area (Å²) in [6, 6.07) is 4.88. The fraction of sp³-hybridized carbons (Fsp3) is 0.727. The molecule has 0 aromatic heterocycles. The molecule has 0 bridgehead atoms. The van der Waals surface area contributed by atoms with Gasteiger partial charge >= 0.3 is 0 Å². The average molecular weight is 488 g/mol. The van der Waals surface area contributed by atoms with E-state index in [-0.39, 0.29) is 21.7 Å². The van der Waals surface area contributed by atoms with Crippen LogP contribution in [-0.2, 0) is 11.8 Å². The Hall–Kier alpha value is -1.95. The summed E-state index contributed by atoms with van der Waals surface area (Å²) in [4.78, 5) is 0. The highest BCUT2D eigenvalue weighted by Crippen LogP contribution is 2.75. The van der Waals surface area contributed by atoms with Crippen LogP contribution in [0.5, 0.6) is 11.5 Å². The molecule has 5 aliphatic rings. The van der Waals surface area contributed by atoms with Gasteiger partial charge < -0.3 is 9.47 Å². The number of hydrogen-bond donors (Lipinski definition) is 0. The molecule has 1 aromatic carbocycles. The molecule has 0 N–H and O–H groups in total. The molecule has 4 aliphatic carbocycles. The molecule has 0 amide bonds. The van der Waals surface area contributed by atoms with E-state index in [1.54, 1.807) is 5.57 Å². The van der Waals surface area contributed by atoms with Gasteiger partial charge in [0.1, 0.15) is 0 Å². The Balaban J connectivity index is 1.44. The number of benzene rings is 1. The topological polar surface area (TPSA) is 42.2 Å². The Labute approximate surface area is 218 Å². The van der Waals surface area contributed by atoms with Gasteiger partial charge in [-0.2, -0.15) is 5.26 Å². The van der Waals surface area contributed by atoms with E-state index in [4.69, 9.17) is 9.47 Å². The van der Waals surface area contributed by atoms with E-state index >= 15 is 0 Å². The van der Waals surface area contributed by atoms with E-state index in [1.165, 1.54) is 61.6 Å². The Bertz CT molecular complexity index is 1220. The Morgan fingerprint density at radius 3 is 2.39 bits per heavy atom. The van der Waals surface area contributed by atoms with Crippen molar-refractivity contribution >= 4 is 0 Å². The molecule has 6 rings (SSSR count).